The van der Waals surface area contributed by atoms with Gasteiger partial charge in [-0.25, -0.2) is 8.42 Å². The molecule has 0 atom stereocenters. The van der Waals surface area contributed by atoms with Crippen molar-refractivity contribution in [2.45, 2.75) is 32.9 Å². The minimum absolute atomic E-state index is 0.00513. The van der Waals surface area contributed by atoms with Crippen molar-refractivity contribution in [3.05, 3.63) is 48.0 Å². The summed E-state index contributed by atoms with van der Waals surface area (Å²) in [6.07, 6.45) is 0.802. The lowest BCUT2D eigenvalue weighted by Gasteiger charge is -2.27. The van der Waals surface area contributed by atoms with Crippen molar-refractivity contribution >= 4 is 27.3 Å². The molecule has 0 unspecified atom stereocenters. The molecule has 2 aromatic rings. The topological polar surface area (TPSA) is 84.9 Å². The first kappa shape index (κ1) is 22.0. The van der Waals surface area contributed by atoms with E-state index in [1.54, 1.807) is 47.4 Å². The zero-order valence-corrected chi connectivity index (χ0v) is 18.6. The molecule has 0 saturated heterocycles. The molecule has 0 aliphatic carbocycles. The molecule has 1 heterocycles. The first-order valence-electron chi connectivity index (χ1n) is 9.87. The molecule has 1 aliphatic heterocycles. The van der Waals surface area contributed by atoms with Crippen LogP contribution in [-0.4, -0.2) is 34.6 Å². The molecule has 1 N–H and O–H groups in total. The largest absolute Gasteiger partial charge is 0.497 e. The molecule has 162 valence electrons. The molecule has 0 saturated carbocycles. The Bertz CT molecular complexity index is 1030. The van der Waals surface area contributed by atoms with Crippen LogP contribution >= 0.6 is 0 Å². The van der Waals surface area contributed by atoms with E-state index < -0.39 is 15.4 Å². The second-order valence-corrected chi connectivity index (χ2v) is 9.75. The van der Waals surface area contributed by atoms with Gasteiger partial charge < -0.3 is 14.4 Å². The smallest absolute Gasteiger partial charge is 0.236 e. The molecule has 30 heavy (non-hydrogen) atoms. The summed E-state index contributed by atoms with van der Waals surface area (Å²) >= 11 is 0. The van der Waals surface area contributed by atoms with Crippen LogP contribution in [0.1, 0.15) is 32.8 Å². The maximum Gasteiger partial charge on any atom is 0.236 e. The average Bonchev–Trinajstić information content (AvgIpc) is 2.78. The number of nitrogens with zero attached hydrogens (tertiary/aromatic N) is 1. The van der Waals surface area contributed by atoms with E-state index in [1.807, 2.05) is 20.8 Å². The average molecular weight is 433 g/mol. The second kappa shape index (κ2) is 8.55. The number of hydrogen-bond acceptors (Lipinski definition) is 5. The highest BCUT2D eigenvalue weighted by Crippen LogP contribution is 2.38. The number of amides is 1. The lowest BCUT2D eigenvalue weighted by Crippen LogP contribution is -2.42. The lowest BCUT2D eigenvalue weighted by molar-refractivity contribution is -0.127. The Morgan fingerprint density at radius 1 is 1.20 bits per heavy atom. The van der Waals surface area contributed by atoms with Crippen LogP contribution in [0.5, 0.6) is 11.5 Å². The van der Waals surface area contributed by atoms with Crippen molar-refractivity contribution in [3.63, 3.8) is 0 Å². The predicted molar refractivity (Wildman–Crippen MR) is 118 cm³/mol. The van der Waals surface area contributed by atoms with Gasteiger partial charge in [-0.05, 0) is 50.1 Å². The number of fused-ring (bicyclic) bond motifs is 1. The zero-order valence-electron chi connectivity index (χ0n) is 17.8. The Balaban J connectivity index is 1.85. The summed E-state index contributed by atoms with van der Waals surface area (Å²) < 4.78 is 39.0. The predicted octanol–water partition coefficient (Wildman–Crippen LogP) is 3.80. The van der Waals surface area contributed by atoms with Crippen molar-refractivity contribution < 1.29 is 22.7 Å². The third-order valence-electron chi connectivity index (χ3n) is 4.87. The Kier molecular flexibility index (Phi) is 6.26. The molecule has 0 fully saturated rings. The molecule has 0 aromatic heterocycles. The van der Waals surface area contributed by atoms with E-state index in [0.717, 1.165) is 6.42 Å². The van der Waals surface area contributed by atoms with E-state index in [1.165, 1.54) is 7.11 Å². The minimum atomic E-state index is -3.65. The third kappa shape index (κ3) is 4.87. The molecular weight excluding hydrogens is 404 g/mol. The molecule has 0 radical (unpaired) electrons. The SMILES string of the molecule is CCCN1C(=O)C(C)(C)COc2cc(NS(=O)(=O)Cc3cccc(OC)c3)ccc21. The number of ether oxygens (including phenoxy) is 2. The van der Waals surface area contributed by atoms with Gasteiger partial charge in [-0.15, -0.1) is 0 Å². The number of benzene rings is 2. The van der Waals surface area contributed by atoms with Gasteiger partial charge in [0.05, 0.1) is 29.7 Å². The van der Waals surface area contributed by atoms with E-state index in [9.17, 15) is 13.2 Å². The van der Waals surface area contributed by atoms with Gasteiger partial charge in [-0.3, -0.25) is 9.52 Å². The van der Waals surface area contributed by atoms with Crippen molar-refractivity contribution in [1.29, 1.82) is 0 Å². The van der Waals surface area contributed by atoms with Crippen LogP contribution in [0.4, 0.5) is 11.4 Å². The molecule has 3 rings (SSSR count). The molecule has 0 bridgehead atoms. The minimum Gasteiger partial charge on any atom is -0.497 e. The molecule has 0 spiro atoms. The van der Waals surface area contributed by atoms with Crippen molar-refractivity contribution in [3.8, 4) is 11.5 Å². The van der Waals surface area contributed by atoms with Crippen LogP contribution in [0.25, 0.3) is 0 Å². The molecule has 8 heteroatoms. The van der Waals surface area contributed by atoms with Crippen LogP contribution in [0.15, 0.2) is 42.5 Å². The van der Waals surface area contributed by atoms with E-state index in [-0.39, 0.29) is 18.3 Å². The maximum absolute atomic E-state index is 12.9. The van der Waals surface area contributed by atoms with Crippen molar-refractivity contribution in [2.75, 3.05) is 29.9 Å². The Labute approximate surface area is 178 Å². The Morgan fingerprint density at radius 3 is 2.67 bits per heavy atom. The number of nitrogens with one attached hydrogen (secondary N) is 1. The summed E-state index contributed by atoms with van der Waals surface area (Å²) in [4.78, 5) is 14.6. The summed E-state index contributed by atoms with van der Waals surface area (Å²) in [7, 11) is -2.11. The third-order valence-corrected chi connectivity index (χ3v) is 6.13. The first-order chi connectivity index (χ1) is 14.1. The Morgan fingerprint density at radius 2 is 1.97 bits per heavy atom. The number of sulfonamides is 1. The normalized spacial score (nSPS) is 15.7. The number of anilines is 2. The summed E-state index contributed by atoms with van der Waals surface area (Å²) in [5.74, 6) is 0.901. The summed E-state index contributed by atoms with van der Waals surface area (Å²) in [6.45, 7) is 6.49. The van der Waals surface area contributed by atoms with E-state index >= 15 is 0 Å². The molecule has 1 amide bonds. The highest BCUT2D eigenvalue weighted by molar-refractivity contribution is 7.91. The van der Waals surface area contributed by atoms with Crippen LogP contribution in [0.3, 0.4) is 0 Å². The lowest BCUT2D eigenvalue weighted by atomic mass is 9.93. The highest BCUT2D eigenvalue weighted by Gasteiger charge is 2.37. The van der Waals surface area contributed by atoms with Gasteiger partial charge in [0.2, 0.25) is 15.9 Å². The van der Waals surface area contributed by atoms with Gasteiger partial charge in [0.25, 0.3) is 0 Å². The van der Waals surface area contributed by atoms with Crippen molar-refractivity contribution in [2.24, 2.45) is 5.41 Å². The standard InChI is InChI=1S/C22H28N2O5S/c1-5-11-24-19-10-9-17(13-20(19)29-15-22(2,3)21(24)25)23-30(26,27)14-16-7-6-8-18(12-16)28-4/h6-10,12-13,23H,5,11,14-15H2,1-4H3. The summed E-state index contributed by atoms with van der Waals surface area (Å²) in [5.41, 5.74) is 0.998. The Hall–Kier alpha value is -2.74. The van der Waals surface area contributed by atoms with Crippen molar-refractivity contribution in [1.82, 2.24) is 0 Å². The van der Waals surface area contributed by atoms with Gasteiger partial charge in [0.1, 0.15) is 18.1 Å². The zero-order chi connectivity index (χ0) is 21.9. The van der Waals surface area contributed by atoms with Gasteiger partial charge >= 0.3 is 0 Å². The number of hydrogen-bond donors (Lipinski definition) is 1. The monoisotopic (exact) mass is 432 g/mol. The molecule has 7 nitrogen and oxygen atoms in total. The molecule has 2 aromatic carbocycles. The number of rotatable bonds is 7. The van der Waals surface area contributed by atoms with E-state index in [2.05, 4.69) is 4.72 Å². The van der Waals surface area contributed by atoms with Crippen LogP contribution in [-0.2, 0) is 20.6 Å². The quantitative estimate of drug-likeness (QED) is 0.719. The number of carbonyl (C=O) groups excluding carboxylic acids is 1. The van der Waals surface area contributed by atoms with Crippen LogP contribution < -0.4 is 19.1 Å². The second-order valence-electron chi connectivity index (χ2n) is 8.02. The van der Waals surface area contributed by atoms with E-state index in [0.29, 0.717) is 35.0 Å². The first-order valence-corrected chi connectivity index (χ1v) is 11.5. The highest BCUT2D eigenvalue weighted by atomic mass is 32.2. The summed E-state index contributed by atoms with van der Waals surface area (Å²) in [5, 5.41) is 0. The van der Waals surface area contributed by atoms with Gasteiger partial charge in [-0.1, -0.05) is 19.1 Å². The number of carbonyl (C=O) groups is 1. The van der Waals surface area contributed by atoms with E-state index in [4.69, 9.17) is 9.47 Å². The molecule has 1 aliphatic rings. The van der Waals surface area contributed by atoms with Gasteiger partial charge in [-0.2, -0.15) is 0 Å². The molecular formula is C22H28N2O5S. The summed E-state index contributed by atoms with van der Waals surface area (Å²) in [6, 6.07) is 12.0. The maximum atomic E-state index is 12.9. The fourth-order valence-corrected chi connectivity index (χ4v) is 4.53. The van der Waals surface area contributed by atoms with Gasteiger partial charge in [0.15, 0.2) is 0 Å². The fraction of sp³-hybridized carbons (Fsp3) is 0.409. The fourth-order valence-electron chi connectivity index (χ4n) is 3.35. The van der Waals surface area contributed by atoms with Crippen LogP contribution in [0, 0.1) is 5.41 Å². The van der Waals surface area contributed by atoms with Gasteiger partial charge in [0, 0.05) is 12.6 Å². The number of methoxy groups -OCH3 is 1. The van der Waals surface area contributed by atoms with Crippen LogP contribution in [0.2, 0.25) is 0 Å².